The molecule has 0 saturated carbocycles. The first-order chi connectivity index (χ1) is 6.56. The number of nitrogens with two attached hydrogens (primary N) is 1. The molecule has 1 rings (SSSR count). The van der Waals surface area contributed by atoms with Gasteiger partial charge in [-0.15, -0.1) is 0 Å². The smallest absolute Gasteiger partial charge is 0.334 e. The average Bonchev–Trinajstić information content (AvgIpc) is 2.16. The Morgan fingerprint density at radius 3 is 2.00 bits per heavy atom. The van der Waals surface area contributed by atoms with Crippen LogP contribution in [0.5, 0.6) is 0 Å². The van der Waals surface area contributed by atoms with Gasteiger partial charge in [0.05, 0.1) is 6.54 Å². The zero-order chi connectivity index (χ0) is 10.6. The molecule has 1 heterocycles. The van der Waals surface area contributed by atoms with Crippen LogP contribution in [0.4, 0.5) is 0 Å². The molecule has 0 radical (unpaired) electrons. The van der Waals surface area contributed by atoms with Gasteiger partial charge < -0.3 is 15.2 Å². The van der Waals surface area contributed by atoms with E-state index in [1.807, 2.05) is 0 Å². The number of hydrogen-bond acceptors (Lipinski definition) is 6. The predicted octanol–water partition coefficient (Wildman–Crippen LogP) is -0.259. The number of thiol groups is 1. The fourth-order valence-electron chi connectivity index (χ4n) is 0.755. The van der Waals surface area contributed by atoms with E-state index in [9.17, 15) is 9.59 Å². The van der Waals surface area contributed by atoms with Crippen LogP contribution < -0.4 is 5.73 Å². The summed E-state index contributed by atoms with van der Waals surface area (Å²) in [4.78, 5) is 22.1. The first-order valence-electron chi connectivity index (χ1n) is 3.79. The summed E-state index contributed by atoms with van der Waals surface area (Å²) < 4.78 is 9.42. The summed E-state index contributed by atoms with van der Waals surface area (Å²) in [7, 11) is 0. The van der Waals surface area contributed by atoms with Gasteiger partial charge in [0.1, 0.15) is 0 Å². The van der Waals surface area contributed by atoms with E-state index in [4.69, 9.17) is 15.2 Å². The number of cyclic esters (lactones) is 2. The van der Waals surface area contributed by atoms with Crippen LogP contribution in [0.3, 0.4) is 0 Å². The molecule has 76 valence electrons. The molecule has 5 nitrogen and oxygen atoms in total. The molecule has 14 heavy (non-hydrogen) atoms. The maximum absolute atomic E-state index is 11.0. The number of allylic oxidation sites excluding steroid dienone is 2. The minimum Gasteiger partial charge on any atom is -0.408 e. The van der Waals surface area contributed by atoms with Crippen LogP contribution in [-0.2, 0) is 19.1 Å². The van der Waals surface area contributed by atoms with Gasteiger partial charge in [0.2, 0.25) is 0 Å². The summed E-state index contributed by atoms with van der Waals surface area (Å²) in [5, 5.41) is -1.70. The zero-order valence-corrected chi connectivity index (χ0v) is 8.07. The number of rotatable bonds is 1. The van der Waals surface area contributed by atoms with Crippen LogP contribution in [0.2, 0.25) is 0 Å². The number of carbonyl (C=O) groups excluding carboxylic acids is 2. The monoisotopic (exact) mass is 215 g/mol. The van der Waals surface area contributed by atoms with E-state index in [1.165, 1.54) is 12.2 Å². The number of hydrogen-bond donors (Lipinski definition) is 2. The molecule has 2 N–H and O–H groups in total. The summed E-state index contributed by atoms with van der Waals surface area (Å²) in [6.07, 6.45) is 5.00. The second-order valence-electron chi connectivity index (χ2n) is 2.48. The van der Waals surface area contributed by atoms with Gasteiger partial charge in [-0.3, -0.25) is 0 Å². The molecule has 6 heteroatoms. The van der Waals surface area contributed by atoms with Crippen molar-refractivity contribution in [2.24, 2.45) is 5.73 Å². The maximum Gasteiger partial charge on any atom is 0.334 e. The Labute approximate surface area is 86.0 Å². The van der Waals surface area contributed by atoms with Gasteiger partial charge in [0, 0.05) is 12.2 Å². The summed E-state index contributed by atoms with van der Waals surface area (Å²) in [6, 6.07) is 0. The van der Waals surface area contributed by atoms with Gasteiger partial charge in [-0.1, -0.05) is 24.8 Å². The Morgan fingerprint density at radius 2 is 1.64 bits per heavy atom. The summed E-state index contributed by atoms with van der Waals surface area (Å²) >= 11 is 3.85. The molecule has 0 aromatic heterocycles. The molecule has 0 spiro atoms. The normalized spacial score (nSPS) is 25.0. The second-order valence-corrected chi connectivity index (χ2v) is 3.16. The topological polar surface area (TPSA) is 78.6 Å². The Morgan fingerprint density at radius 1 is 1.21 bits per heavy atom. The molecule has 0 aromatic carbocycles. The molecule has 0 atom stereocenters. The highest BCUT2D eigenvalue weighted by Gasteiger charge is 2.32. The Balaban J connectivity index is 2.89. The second kappa shape index (κ2) is 4.30. The van der Waals surface area contributed by atoms with Gasteiger partial charge in [0.15, 0.2) is 0 Å². The minimum absolute atomic E-state index is 0.227. The van der Waals surface area contributed by atoms with Gasteiger partial charge in [0.25, 0.3) is 0 Å². The standard InChI is InChI=1S/C8H9NO4S/c9-5-8(14)12-6(10)3-1-2-4-7(11)13-8/h1-4,14H,5,9H2/b3-1-,4-2-. The van der Waals surface area contributed by atoms with E-state index in [0.29, 0.717) is 0 Å². The minimum atomic E-state index is -1.70. The third-order valence-electron chi connectivity index (χ3n) is 1.35. The van der Waals surface area contributed by atoms with Crippen molar-refractivity contribution in [1.29, 1.82) is 0 Å². The average molecular weight is 215 g/mol. The predicted molar refractivity (Wildman–Crippen MR) is 51.2 cm³/mol. The van der Waals surface area contributed by atoms with Crippen LogP contribution in [-0.4, -0.2) is 23.6 Å². The lowest BCUT2D eigenvalue weighted by atomic mass is 10.4. The molecule has 0 aliphatic carbocycles. The van der Waals surface area contributed by atoms with E-state index in [0.717, 1.165) is 12.2 Å². The molecule has 0 aromatic rings. The van der Waals surface area contributed by atoms with Crippen molar-refractivity contribution in [2.45, 2.75) is 5.12 Å². The molecule has 0 unspecified atom stereocenters. The first-order valence-corrected chi connectivity index (χ1v) is 4.23. The van der Waals surface area contributed by atoms with Gasteiger partial charge in [-0.25, -0.2) is 9.59 Å². The highest BCUT2D eigenvalue weighted by atomic mass is 32.1. The molecule has 0 saturated heterocycles. The highest BCUT2D eigenvalue weighted by molar-refractivity contribution is 7.81. The van der Waals surface area contributed by atoms with Crippen molar-refractivity contribution in [3.05, 3.63) is 24.3 Å². The van der Waals surface area contributed by atoms with Crippen molar-refractivity contribution in [1.82, 2.24) is 0 Å². The van der Waals surface area contributed by atoms with Gasteiger partial charge in [-0.05, 0) is 0 Å². The van der Waals surface area contributed by atoms with Crippen LogP contribution >= 0.6 is 12.6 Å². The van der Waals surface area contributed by atoms with Crippen LogP contribution in [0.25, 0.3) is 0 Å². The summed E-state index contributed by atoms with van der Waals surface area (Å²) in [5.41, 5.74) is 5.25. The molecule has 0 amide bonds. The number of ether oxygens (including phenoxy) is 2. The summed E-state index contributed by atoms with van der Waals surface area (Å²) in [5.74, 6) is -1.35. The lowest BCUT2D eigenvalue weighted by molar-refractivity contribution is -0.187. The third kappa shape index (κ3) is 2.90. The zero-order valence-electron chi connectivity index (χ0n) is 7.17. The fourth-order valence-corrected chi connectivity index (χ4v) is 0.935. The van der Waals surface area contributed by atoms with Crippen molar-refractivity contribution in [3.8, 4) is 0 Å². The largest absolute Gasteiger partial charge is 0.408 e. The molecule has 0 bridgehead atoms. The van der Waals surface area contributed by atoms with E-state index >= 15 is 0 Å². The molecular weight excluding hydrogens is 206 g/mol. The Hall–Kier alpha value is -1.27. The lowest BCUT2D eigenvalue weighted by Gasteiger charge is -2.24. The lowest BCUT2D eigenvalue weighted by Crippen LogP contribution is -2.40. The van der Waals surface area contributed by atoms with E-state index < -0.39 is 17.1 Å². The Kier molecular flexibility index (Phi) is 3.32. The third-order valence-corrected chi connectivity index (χ3v) is 1.72. The number of esters is 2. The first kappa shape index (κ1) is 10.8. The van der Waals surface area contributed by atoms with E-state index in [1.54, 1.807) is 0 Å². The van der Waals surface area contributed by atoms with Gasteiger partial charge >= 0.3 is 17.1 Å². The van der Waals surface area contributed by atoms with E-state index in [-0.39, 0.29) is 6.54 Å². The quantitative estimate of drug-likeness (QED) is 0.465. The SMILES string of the molecule is NCC1(S)OC(=O)/C=C\C=C/C(=O)O1. The summed E-state index contributed by atoms with van der Waals surface area (Å²) in [6.45, 7) is -0.227. The van der Waals surface area contributed by atoms with Crippen molar-refractivity contribution in [3.63, 3.8) is 0 Å². The maximum atomic E-state index is 11.0. The van der Waals surface area contributed by atoms with Gasteiger partial charge in [-0.2, -0.15) is 0 Å². The van der Waals surface area contributed by atoms with Crippen molar-refractivity contribution < 1.29 is 19.1 Å². The van der Waals surface area contributed by atoms with Crippen LogP contribution in [0.1, 0.15) is 0 Å². The number of carbonyl (C=O) groups is 2. The van der Waals surface area contributed by atoms with Crippen LogP contribution in [0, 0.1) is 0 Å². The highest BCUT2D eigenvalue weighted by Crippen LogP contribution is 2.18. The van der Waals surface area contributed by atoms with Crippen LogP contribution in [0.15, 0.2) is 24.3 Å². The van der Waals surface area contributed by atoms with Crippen molar-refractivity contribution in [2.75, 3.05) is 6.54 Å². The van der Waals surface area contributed by atoms with Crippen molar-refractivity contribution >= 4 is 24.6 Å². The Bertz CT molecular complexity index is 284. The van der Waals surface area contributed by atoms with E-state index in [2.05, 4.69) is 12.6 Å². The fraction of sp³-hybridized carbons (Fsp3) is 0.250. The molecule has 1 aliphatic rings. The molecule has 0 fully saturated rings. The molecule has 1 aliphatic heterocycles. The molecular formula is C8H9NO4S.